The SMILES string of the molecule is O=C(CC[C@H]1NC(=O)N(Cc2ccccc2)C1=O)N1CCN(c2ccccn2)CC1. The van der Waals surface area contributed by atoms with Crippen LogP contribution in [0.4, 0.5) is 10.6 Å². The van der Waals surface area contributed by atoms with Crippen molar-refractivity contribution in [2.45, 2.75) is 25.4 Å². The third kappa shape index (κ3) is 4.42. The lowest BCUT2D eigenvalue weighted by Gasteiger charge is -2.35. The van der Waals surface area contributed by atoms with E-state index in [0.717, 1.165) is 24.5 Å². The van der Waals surface area contributed by atoms with Crippen molar-refractivity contribution in [1.29, 1.82) is 0 Å². The number of hydrogen-bond donors (Lipinski definition) is 1. The maximum absolute atomic E-state index is 12.6. The largest absolute Gasteiger partial charge is 0.353 e. The fraction of sp³-hybridized carbons (Fsp3) is 0.364. The highest BCUT2D eigenvalue weighted by Crippen LogP contribution is 2.17. The Kier molecular flexibility index (Phi) is 5.92. The molecular formula is C22H25N5O3. The summed E-state index contributed by atoms with van der Waals surface area (Å²) < 4.78 is 0. The van der Waals surface area contributed by atoms with Crippen LogP contribution < -0.4 is 10.2 Å². The van der Waals surface area contributed by atoms with Gasteiger partial charge in [-0.05, 0) is 24.1 Å². The number of piperazine rings is 1. The summed E-state index contributed by atoms with van der Waals surface area (Å²) in [6.07, 6.45) is 2.31. The van der Waals surface area contributed by atoms with Crippen LogP contribution in [-0.4, -0.2) is 64.9 Å². The first-order chi connectivity index (χ1) is 14.6. The van der Waals surface area contributed by atoms with E-state index in [0.29, 0.717) is 19.5 Å². The van der Waals surface area contributed by atoms with E-state index in [1.165, 1.54) is 4.90 Å². The Hall–Kier alpha value is -3.42. The van der Waals surface area contributed by atoms with Gasteiger partial charge < -0.3 is 15.1 Å². The van der Waals surface area contributed by atoms with E-state index in [9.17, 15) is 14.4 Å². The topological polar surface area (TPSA) is 85.8 Å². The molecule has 2 saturated heterocycles. The minimum Gasteiger partial charge on any atom is -0.353 e. The number of hydrogen-bond acceptors (Lipinski definition) is 5. The molecule has 1 atom stereocenters. The lowest BCUT2D eigenvalue weighted by atomic mass is 10.1. The van der Waals surface area contributed by atoms with Crippen LogP contribution in [0.1, 0.15) is 18.4 Å². The number of anilines is 1. The molecule has 8 nitrogen and oxygen atoms in total. The van der Waals surface area contributed by atoms with Gasteiger partial charge in [0.05, 0.1) is 6.54 Å². The zero-order valence-electron chi connectivity index (χ0n) is 16.7. The van der Waals surface area contributed by atoms with Crippen molar-refractivity contribution in [3.8, 4) is 0 Å². The van der Waals surface area contributed by atoms with E-state index < -0.39 is 12.1 Å². The molecule has 0 bridgehead atoms. The Bertz CT molecular complexity index is 898. The molecule has 0 radical (unpaired) electrons. The second kappa shape index (κ2) is 8.94. The Balaban J connectivity index is 1.25. The lowest BCUT2D eigenvalue weighted by Crippen LogP contribution is -2.49. The number of rotatable bonds is 6. The quantitative estimate of drug-likeness (QED) is 0.736. The molecule has 30 heavy (non-hydrogen) atoms. The Morgan fingerprint density at radius 3 is 2.43 bits per heavy atom. The van der Waals surface area contributed by atoms with Gasteiger partial charge >= 0.3 is 6.03 Å². The Labute approximate surface area is 175 Å². The molecule has 8 heteroatoms. The van der Waals surface area contributed by atoms with Gasteiger partial charge in [-0.3, -0.25) is 14.5 Å². The molecule has 4 rings (SSSR count). The van der Waals surface area contributed by atoms with E-state index in [-0.39, 0.29) is 24.8 Å². The maximum atomic E-state index is 12.6. The number of benzene rings is 1. The summed E-state index contributed by atoms with van der Waals surface area (Å²) in [5.41, 5.74) is 0.892. The first-order valence-electron chi connectivity index (χ1n) is 10.2. The highest BCUT2D eigenvalue weighted by atomic mass is 16.2. The van der Waals surface area contributed by atoms with Gasteiger partial charge in [0, 0.05) is 38.8 Å². The minimum absolute atomic E-state index is 0.0132. The van der Waals surface area contributed by atoms with Crippen molar-refractivity contribution in [2.24, 2.45) is 0 Å². The van der Waals surface area contributed by atoms with E-state index in [4.69, 9.17) is 0 Å². The first-order valence-corrected chi connectivity index (χ1v) is 10.2. The number of carbonyl (C=O) groups excluding carboxylic acids is 3. The van der Waals surface area contributed by atoms with Crippen LogP contribution in [0.15, 0.2) is 54.7 Å². The molecule has 0 spiro atoms. The third-order valence-corrected chi connectivity index (χ3v) is 5.54. The Morgan fingerprint density at radius 2 is 1.73 bits per heavy atom. The van der Waals surface area contributed by atoms with E-state index in [1.807, 2.05) is 53.4 Å². The van der Waals surface area contributed by atoms with Crippen LogP contribution in [0.3, 0.4) is 0 Å². The first kappa shape index (κ1) is 19.9. The van der Waals surface area contributed by atoms with Crippen LogP contribution in [0, 0.1) is 0 Å². The molecule has 1 N–H and O–H groups in total. The summed E-state index contributed by atoms with van der Waals surface area (Å²) in [5.74, 6) is 0.665. The molecule has 0 saturated carbocycles. The van der Waals surface area contributed by atoms with E-state index in [1.54, 1.807) is 6.20 Å². The van der Waals surface area contributed by atoms with Gasteiger partial charge in [-0.25, -0.2) is 9.78 Å². The lowest BCUT2D eigenvalue weighted by molar-refractivity contribution is -0.132. The van der Waals surface area contributed by atoms with Crippen molar-refractivity contribution < 1.29 is 14.4 Å². The summed E-state index contributed by atoms with van der Waals surface area (Å²) in [5, 5.41) is 2.71. The second-order valence-electron chi connectivity index (χ2n) is 7.51. The van der Waals surface area contributed by atoms with Crippen molar-refractivity contribution in [1.82, 2.24) is 20.1 Å². The van der Waals surface area contributed by atoms with Gasteiger partial charge in [-0.15, -0.1) is 0 Å². The maximum Gasteiger partial charge on any atom is 0.325 e. The third-order valence-electron chi connectivity index (χ3n) is 5.54. The highest BCUT2D eigenvalue weighted by Gasteiger charge is 2.38. The van der Waals surface area contributed by atoms with Crippen LogP contribution >= 0.6 is 0 Å². The zero-order chi connectivity index (χ0) is 20.9. The molecule has 4 amide bonds. The summed E-state index contributed by atoms with van der Waals surface area (Å²) in [6.45, 7) is 2.95. The molecule has 0 aliphatic carbocycles. The van der Waals surface area contributed by atoms with Gasteiger partial charge in [0.1, 0.15) is 11.9 Å². The molecule has 1 aromatic heterocycles. The van der Waals surface area contributed by atoms with Crippen LogP contribution in [0.2, 0.25) is 0 Å². The average molecular weight is 407 g/mol. The van der Waals surface area contributed by atoms with Gasteiger partial charge in [0.25, 0.3) is 5.91 Å². The molecule has 2 aromatic rings. The number of aromatic nitrogens is 1. The average Bonchev–Trinajstić information content (AvgIpc) is 3.06. The Morgan fingerprint density at radius 1 is 1.00 bits per heavy atom. The number of nitrogens with zero attached hydrogens (tertiary/aromatic N) is 4. The van der Waals surface area contributed by atoms with Crippen molar-refractivity contribution >= 4 is 23.7 Å². The molecule has 0 unspecified atom stereocenters. The van der Waals surface area contributed by atoms with Gasteiger partial charge in [-0.2, -0.15) is 0 Å². The normalized spacial score (nSPS) is 19.2. The number of carbonyl (C=O) groups is 3. The van der Waals surface area contributed by atoms with Crippen molar-refractivity contribution in [3.05, 3.63) is 60.3 Å². The van der Waals surface area contributed by atoms with Crippen LogP contribution in [-0.2, 0) is 16.1 Å². The summed E-state index contributed by atoms with van der Waals surface area (Å²) in [7, 11) is 0. The number of nitrogens with one attached hydrogen (secondary N) is 1. The van der Waals surface area contributed by atoms with Crippen LogP contribution in [0.5, 0.6) is 0 Å². The molecule has 1 aromatic carbocycles. The minimum atomic E-state index is -0.639. The van der Waals surface area contributed by atoms with Gasteiger partial charge in [0.2, 0.25) is 5.91 Å². The standard InChI is InChI=1S/C22H25N5O3/c28-20(26-14-12-25(13-15-26)19-8-4-5-11-23-19)10-9-18-21(29)27(22(30)24-18)16-17-6-2-1-3-7-17/h1-8,11,18H,9-10,12-16H2,(H,24,30)/t18-/m1/s1. The van der Waals surface area contributed by atoms with Gasteiger partial charge in [-0.1, -0.05) is 36.4 Å². The molecule has 3 heterocycles. The monoisotopic (exact) mass is 407 g/mol. The summed E-state index contributed by atoms with van der Waals surface area (Å²) >= 11 is 0. The fourth-order valence-corrected chi connectivity index (χ4v) is 3.84. The van der Waals surface area contributed by atoms with Crippen molar-refractivity contribution in [2.75, 3.05) is 31.1 Å². The predicted octanol–water partition coefficient (Wildman–Crippen LogP) is 1.63. The molecule has 2 fully saturated rings. The molecule has 2 aliphatic rings. The number of imide groups is 1. The highest BCUT2D eigenvalue weighted by molar-refractivity contribution is 6.04. The summed E-state index contributed by atoms with van der Waals surface area (Å²) in [6, 6.07) is 14.2. The summed E-state index contributed by atoms with van der Waals surface area (Å²) in [4.78, 5) is 47.0. The van der Waals surface area contributed by atoms with Gasteiger partial charge in [0.15, 0.2) is 0 Å². The molecular weight excluding hydrogens is 382 g/mol. The smallest absolute Gasteiger partial charge is 0.325 e. The van der Waals surface area contributed by atoms with E-state index in [2.05, 4.69) is 15.2 Å². The second-order valence-corrected chi connectivity index (χ2v) is 7.51. The number of amides is 4. The van der Waals surface area contributed by atoms with Crippen LogP contribution in [0.25, 0.3) is 0 Å². The number of pyridine rings is 1. The molecule has 2 aliphatic heterocycles. The predicted molar refractivity (Wildman–Crippen MR) is 112 cm³/mol. The van der Waals surface area contributed by atoms with E-state index >= 15 is 0 Å². The van der Waals surface area contributed by atoms with Crippen molar-refractivity contribution in [3.63, 3.8) is 0 Å². The fourth-order valence-electron chi connectivity index (χ4n) is 3.84. The number of urea groups is 1. The molecule has 156 valence electrons. The zero-order valence-corrected chi connectivity index (χ0v) is 16.7.